The molecule has 0 amide bonds. The van der Waals surface area contributed by atoms with Gasteiger partial charge in [-0.3, -0.25) is 0 Å². The highest BCUT2D eigenvalue weighted by Gasteiger charge is 2.36. The van der Waals surface area contributed by atoms with Crippen LogP contribution in [0.4, 0.5) is 0 Å². The van der Waals surface area contributed by atoms with Crippen molar-refractivity contribution in [3.63, 3.8) is 0 Å². The van der Waals surface area contributed by atoms with E-state index < -0.39 is 0 Å². The Morgan fingerprint density at radius 3 is 2.29 bits per heavy atom. The maximum atomic E-state index is 10.6. The Labute approximate surface area is 106 Å². The summed E-state index contributed by atoms with van der Waals surface area (Å²) in [7, 11) is 0. The molecule has 1 heterocycles. The topological polar surface area (TPSA) is 29.5 Å². The van der Waals surface area contributed by atoms with Crippen LogP contribution in [0, 0.1) is 29.6 Å². The highest BCUT2D eigenvalue weighted by atomic mass is 16.5. The lowest BCUT2D eigenvalue weighted by molar-refractivity contribution is -0.0631. The molecular formula is C15H28O2. The minimum Gasteiger partial charge on any atom is -0.393 e. The Bertz CT molecular complexity index is 231. The van der Waals surface area contributed by atoms with Crippen molar-refractivity contribution in [1.29, 1.82) is 0 Å². The summed E-state index contributed by atoms with van der Waals surface area (Å²) in [6.07, 6.45) is 4.72. The van der Waals surface area contributed by atoms with Crippen LogP contribution in [-0.4, -0.2) is 24.4 Å². The first-order valence-corrected chi connectivity index (χ1v) is 7.33. The van der Waals surface area contributed by atoms with Gasteiger partial charge in [-0.1, -0.05) is 20.8 Å². The lowest BCUT2D eigenvalue weighted by Gasteiger charge is -2.40. The zero-order valence-corrected chi connectivity index (χ0v) is 11.6. The van der Waals surface area contributed by atoms with Crippen LogP contribution >= 0.6 is 0 Å². The summed E-state index contributed by atoms with van der Waals surface area (Å²) >= 11 is 0. The Morgan fingerprint density at radius 2 is 1.71 bits per heavy atom. The molecule has 5 atom stereocenters. The molecular weight excluding hydrogens is 212 g/mol. The first-order valence-electron chi connectivity index (χ1n) is 7.33. The standard InChI is InChI=1S/C15H28O2/c1-10-6-11(2)8-13(7-10)15(16)14-4-5-17-9-12(14)3/h10-16H,4-9H2,1-3H3. The molecule has 1 N–H and O–H groups in total. The van der Waals surface area contributed by atoms with Crippen molar-refractivity contribution >= 4 is 0 Å². The first-order chi connectivity index (χ1) is 8.08. The van der Waals surface area contributed by atoms with Crippen molar-refractivity contribution < 1.29 is 9.84 Å². The molecule has 2 nitrogen and oxygen atoms in total. The van der Waals surface area contributed by atoms with Crippen LogP contribution in [0.1, 0.15) is 46.5 Å². The van der Waals surface area contributed by atoms with Gasteiger partial charge in [0.15, 0.2) is 0 Å². The molecule has 1 saturated heterocycles. The fraction of sp³-hybridized carbons (Fsp3) is 1.00. The third-order valence-electron chi connectivity index (χ3n) is 4.84. The predicted octanol–water partition coefficient (Wildman–Crippen LogP) is 3.09. The maximum Gasteiger partial charge on any atom is 0.0600 e. The zero-order valence-electron chi connectivity index (χ0n) is 11.6. The van der Waals surface area contributed by atoms with E-state index >= 15 is 0 Å². The van der Waals surface area contributed by atoms with Gasteiger partial charge in [0, 0.05) is 13.2 Å². The molecule has 0 spiro atoms. The molecule has 1 aliphatic carbocycles. The summed E-state index contributed by atoms with van der Waals surface area (Å²) in [6, 6.07) is 0. The van der Waals surface area contributed by atoms with Crippen LogP contribution in [-0.2, 0) is 4.74 Å². The second kappa shape index (κ2) is 5.71. The minimum atomic E-state index is -0.0981. The van der Waals surface area contributed by atoms with Gasteiger partial charge in [0.1, 0.15) is 0 Å². The van der Waals surface area contributed by atoms with E-state index in [0.29, 0.717) is 17.8 Å². The minimum absolute atomic E-state index is 0.0981. The number of aliphatic hydroxyl groups is 1. The summed E-state index contributed by atoms with van der Waals surface area (Å²) in [5, 5.41) is 10.6. The fourth-order valence-corrected chi connectivity index (χ4v) is 4.04. The van der Waals surface area contributed by atoms with Gasteiger partial charge in [-0.05, 0) is 55.3 Å². The van der Waals surface area contributed by atoms with Crippen LogP contribution in [0.15, 0.2) is 0 Å². The van der Waals surface area contributed by atoms with Crippen LogP contribution in [0.3, 0.4) is 0 Å². The molecule has 0 bridgehead atoms. The largest absolute Gasteiger partial charge is 0.393 e. The molecule has 0 aromatic carbocycles. The number of ether oxygens (including phenoxy) is 1. The van der Waals surface area contributed by atoms with Gasteiger partial charge < -0.3 is 9.84 Å². The van der Waals surface area contributed by atoms with Gasteiger partial charge in [0.05, 0.1) is 6.10 Å². The summed E-state index contributed by atoms with van der Waals surface area (Å²) in [6.45, 7) is 8.57. The van der Waals surface area contributed by atoms with E-state index in [0.717, 1.165) is 31.5 Å². The smallest absolute Gasteiger partial charge is 0.0600 e. The molecule has 2 fully saturated rings. The number of hydrogen-bond donors (Lipinski definition) is 1. The van der Waals surface area contributed by atoms with Crippen molar-refractivity contribution in [2.75, 3.05) is 13.2 Å². The van der Waals surface area contributed by atoms with Gasteiger partial charge in [0.2, 0.25) is 0 Å². The molecule has 5 unspecified atom stereocenters. The van der Waals surface area contributed by atoms with Crippen LogP contribution in [0.25, 0.3) is 0 Å². The average Bonchev–Trinajstić information content (AvgIpc) is 2.27. The van der Waals surface area contributed by atoms with Crippen LogP contribution < -0.4 is 0 Å². The van der Waals surface area contributed by atoms with E-state index in [1.54, 1.807) is 0 Å². The van der Waals surface area contributed by atoms with Gasteiger partial charge in [-0.2, -0.15) is 0 Å². The maximum absolute atomic E-state index is 10.6. The fourth-order valence-electron chi connectivity index (χ4n) is 4.04. The Kier molecular flexibility index (Phi) is 4.48. The van der Waals surface area contributed by atoms with E-state index in [4.69, 9.17) is 4.74 Å². The number of aliphatic hydroxyl groups excluding tert-OH is 1. The summed E-state index contributed by atoms with van der Waals surface area (Å²) in [4.78, 5) is 0. The lowest BCUT2D eigenvalue weighted by Crippen LogP contribution is -2.40. The van der Waals surface area contributed by atoms with Crippen LogP contribution in [0.2, 0.25) is 0 Å². The molecule has 2 heteroatoms. The predicted molar refractivity (Wildman–Crippen MR) is 69.8 cm³/mol. The lowest BCUT2D eigenvalue weighted by atomic mass is 9.69. The second-order valence-electron chi connectivity index (χ2n) is 6.67. The second-order valence-corrected chi connectivity index (χ2v) is 6.67. The van der Waals surface area contributed by atoms with Crippen molar-refractivity contribution in [2.45, 2.75) is 52.6 Å². The molecule has 100 valence electrons. The zero-order chi connectivity index (χ0) is 12.4. The van der Waals surface area contributed by atoms with E-state index in [2.05, 4.69) is 20.8 Å². The van der Waals surface area contributed by atoms with E-state index in [1.165, 1.54) is 19.3 Å². The van der Waals surface area contributed by atoms with Crippen molar-refractivity contribution in [3.8, 4) is 0 Å². The van der Waals surface area contributed by atoms with Crippen molar-refractivity contribution in [1.82, 2.24) is 0 Å². The summed E-state index contributed by atoms with van der Waals surface area (Å²) < 4.78 is 5.48. The quantitative estimate of drug-likeness (QED) is 0.803. The van der Waals surface area contributed by atoms with Crippen molar-refractivity contribution in [3.05, 3.63) is 0 Å². The van der Waals surface area contributed by atoms with Gasteiger partial charge in [-0.15, -0.1) is 0 Å². The molecule has 2 rings (SSSR count). The van der Waals surface area contributed by atoms with Gasteiger partial charge >= 0.3 is 0 Å². The Morgan fingerprint density at radius 1 is 1.06 bits per heavy atom. The first kappa shape index (κ1) is 13.4. The molecule has 17 heavy (non-hydrogen) atoms. The Balaban J connectivity index is 1.95. The molecule has 0 aromatic rings. The molecule has 0 aromatic heterocycles. The normalized spacial score (nSPS) is 45.5. The molecule has 1 saturated carbocycles. The average molecular weight is 240 g/mol. The summed E-state index contributed by atoms with van der Waals surface area (Å²) in [5.41, 5.74) is 0. The number of hydrogen-bond acceptors (Lipinski definition) is 2. The molecule has 2 aliphatic rings. The Hall–Kier alpha value is -0.0800. The van der Waals surface area contributed by atoms with Crippen LogP contribution in [0.5, 0.6) is 0 Å². The highest BCUT2D eigenvalue weighted by molar-refractivity contribution is 4.86. The third-order valence-corrected chi connectivity index (χ3v) is 4.84. The van der Waals surface area contributed by atoms with Gasteiger partial charge in [-0.25, -0.2) is 0 Å². The van der Waals surface area contributed by atoms with E-state index in [1.807, 2.05) is 0 Å². The van der Waals surface area contributed by atoms with Crippen molar-refractivity contribution in [2.24, 2.45) is 29.6 Å². The monoisotopic (exact) mass is 240 g/mol. The van der Waals surface area contributed by atoms with Gasteiger partial charge in [0.25, 0.3) is 0 Å². The SMILES string of the molecule is CC1CC(C)CC(C(O)C2CCOCC2C)C1. The summed E-state index contributed by atoms with van der Waals surface area (Å²) in [5.74, 6) is 3.08. The van der Waals surface area contributed by atoms with E-state index in [9.17, 15) is 5.11 Å². The highest BCUT2D eigenvalue weighted by Crippen LogP contribution is 2.39. The molecule has 1 aliphatic heterocycles. The number of rotatable bonds is 2. The third kappa shape index (κ3) is 3.23. The van der Waals surface area contributed by atoms with E-state index in [-0.39, 0.29) is 6.10 Å². The molecule has 0 radical (unpaired) electrons.